The zero-order valence-electron chi connectivity index (χ0n) is 36.7. The van der Waals surface area contributed by atoms with Crippen LogP contribution in [0.2, 0.25) is 0 Å². The van der Waals surface area contributed by atoms with Crippen molar-refractivity contribution in [1.29, 1.82) is 0 Å². The molecule has 1 spiro atoms. The molecule has 0 atom stereocenters. The number of rotatable bonds is 5. The summed E-state index contributed by atoms with van der Waals surface area (Å²) in [6, 6.07) is 83.1. The van der Waals surface area contributed by atoms with Crippen molar-refractivity contribution in [3.63, 3.8) is 0 Å². The number of hydrogen-bond acceptors (Lipinski definition) is 2. The summed E-state index contributed by atoms with van der Waals surface area (Å²) in [5.74, 6) is 0. The molecule has 3 aliphatic rings. The molecule has 1 aromatic heterocycles. The van der Waals surface area contributed by atoms with Crippen LogP contribution in [0.15, 0.2) is 229 Å². The van der Waals surface area contributed by atoms with Gasteiger partial charge in [-0.25, -0.2) is 0 Å². The molecule has 0 saturated carbocycles. The molecule has 0 unspecified atom stereocenters. The number of hydrogen-bond donors (Lipinski definition) is 0. The molecule has 2 nitrogen and oxygen atoms in total. The van der Waals surface area contributed by atoms with E-state index in [9.17, 15) is 0 Å². The molecule has 0 N–H and O–H groups in total. The van der Waals surface area contributed by atoms with E-state index in [0.717, 1.165) is 50.1 Å². The van der Waals surface area contributed by atoms with Crippen molar-refractivity contribution < 1.29 is 4.42 Å². The van der Waals surface area contributed by atoms with Gasteiger partial charge in [-0.15, -0.1) is 0 Å². The van der Waals surface area contributed by atoms with Crippen LogP contribution < -0.4 is 4.90 Å². The van der Waals surface area contributed by atoms with Crippen LogP contribution in [0.3, 0.4) is 0 Å². The van der Waals surface area contributed by atoms with E-state index < -0.39 is 5.41 Å². The highest BCUT2D eigenvalue weighted by molar-refractivity contribution is 6.10. The normalized spacial score (nSPS) is 14.2. The van der Waals surface area contributed by atoms with Gasteiger partial charge in [0.05, 0.1) is 11.1 Å². The van der Waals surface area contributed by atoms with Crippen molar-refractivity contribution in [2.24, 2.45) is 0 Å². The smallest absolute Gasteiger partial charge is 0.143 e. The van der Waals surface area contributed by atoms with E-state index in [4.69, 9.17) is 4.42 Å². The molecule has 0 amide bonds. The number of furan rings is 1. The van der Waals surface area contributed by atoms with Gasteiger partial charge in [0.2, 0.25) is 0 Å². The van der Waals surface area contributed by atoms with E-state index in [0.29, 0.717) is 0 Å². The second-order valence-electron chi connectivity index (χ2n) is 18.7. The maximum Gasteiger partial charge on any atom is 0.143 e. The predicted molar refractivity (Wildman–Crippen MR) is 273 cm³/mol. The van der Waals surface area contributed by atoms with Crippen molar-refractivity contribution in [2.75, 3.05) is 4.90 Å². The Morgan fingerprint density at radius 1 is 0.333 bits per heavy atom. The van der Waals surface area contributed by atoms with E-state index >= 15 is 0 Å². The number of benzene rings is 10. The van der Waals surface area contributed by atoms with Crippen molar-refractivity contribution in [2.45, 2.75) is 24.7 Å². The van der Waals surface area contributed by atoms with Crippen molar-refractivity contribution in [1.82, 2.24) is 0 Å². The van der Waals surface area contributed by atoms with Gasteiger partial charge in [-0.2, -0.15) is 0 Å². The van der Waals surface area contributed by atoms with E-state index in [1.54, 1.807) is 0 Å². The Morgan fingerprint density at radius 3 is 1.47 bits per heavy atom. The molecule has 0 bridgehead atoms. The van der Waals surface area contributed by atoms with E-state index in [-0.39, 0.29) is 5.41 Å². The van der Waals surface area contributed by atoms with Gasteiger partial charge in [-0.3, -0.25) is 0 Å². The first-order valence-corrected chi connectivity index (χ1v) is 23.1. The second-order valence-corrected chi connectivity index (χ2v) is 18.7. The van der Waals surface area contributed by atoms with Crippen molar-refractivity contribution in [3.05, 3.63) is 258 Å². The summed E-state index contributed by atoms with van der Waals surface area (Å²) in [6.07, 6.45) is 0. The number of fused-ring (bicyclic) bond motifs is 16. The minimum Gasteiger partial charge on any atom is -0.455 e. The maximum atomic E-state index is 6.53. The molecule has 0 saturated heterocycles. The minimum absolute atomic E-state index is 0.0670. The topological polar surface area (TPSA) is 16.4 Å². The third-order valence-electron chi connectivity index (χ3n) is 15.1. The molecule has 0 radical (unpaired) electrons. The molecule has 10 aromatic carbocycles. The van der Waals surface area contributed by atoms with E-state index in [1.165, 1.54) is 77.9 Å². The number of anilines is 3. The Labute approximate surface area is 384 Å². The van der Waals surface area contributed by atoms with E-state index in [1.807, 2.05) is 6.07 Å². The quantitative estimate of drug-likeness (QED) is 0.172. The molecule has 14 rings (SSSR count). The monoisotopic (exact) mass is 841 g/mol. The van der Waals surface area contributed by atoms with Crippen LogP contribution in [-0.2, 0) is 10.8 Å². The Bertz CT molecular complexity index is 3750. The zero-order chi connectivity index (χ0) is 43.7. The SMILES string of the molecule is CC1(C)c2ccccc2-c2c(-c3ccc(N(c4ccc(-c5cccc6c5oc5ccccc56)cc4)c4cccc5c4-c4ccccc4C54c5ccccc5-c5ccccc54)cc3)cccc21. The van der Waals surface area contributed by atoms with Crippen LogP contribution in [0.5, 0.6) is 0 Å². The lowest BCUT2D eigenvalue weighted by molar-refractivity contribution is 0.660. The van der Waals surface area contributed by atoms with E-state index in [2.05, 4.69) is 237 Å². The molecule has 11 aromatic rings. The van der Waals surface area contributed by atoms with Crippen LogP contribution in [0.4, 0.5) is 17.1 Å². The first-order chi connectivity index (χ1) is 32.5. The minimum atomic E-state index is -0.447. The van der Waals surface area contributed by atoms with Crippen LogP contribution in [0.1, 0.15) is 47.2 Å². The van der Waals surface area contributed by atoms with Gasteiger partial charge >= 0.3 is 0 Å². The Hall–Kier alpha value is -8.20. The summed E-state index contributed by atoms with van der Waals surface area (Å²) in [6.45, 7) is 4.71. The number of nitrogens with zero attached hydrogens (tertiary/aromatic N) is 1. The fourth-order valence-corrected chi connectivity index (χ4v) is 12.3. The summed E-state index contributed by atoms with van der Waals surface area (Å²) < 4.78 is 6.53. The van der Waals surface area contributed by atoms with Crippen LogP contribution in [0, 0.1) is 0 Å². The van der Waals surface area contributed by atoms with Gasteiger partial charge in [-0.05, 0) is 114 Å². The zero-order valence-corrected chi connectivity index (χ0v) is 36.7. The van der Waals surface area contributed by atoms with Gasteiger partial charge in [0.15, 0.2) is 0 Å². The predicted octanol–water partition coefficient (Wildman–Crippen LogP) is 17.0. The lowest BCUT2D eigenvalue weighted by atomic mass is 9.70. The highest BCUT2D eigenvalue weighted by Crippen LogP contribution is 2.65. The molecule has 2 heteroatoms. The number of para-hydroxylation sites is 2. The highest BCUT2D eigenvalue weighted by atomic mass is 16.3. The van der Waals surface area contributed by atoms with Crippen LogP contribution in [0.25, 0.3) is 77.6 Å². The molecule has 1 heterocycles. The Balaban J connectivity index is 0.973. The van der Waals surface area contributed by atoms with Crippen LogP contribution in [-0.4, -0.2) is 0 Å². The fraction of sp³-hybridized carbons (Fsp3) is 0.0625. The molecule has 310 valence electrons. The molecule has 3 aliphatic carbocycles. The Kier molecular flexibility index (Phi) is 7.70. The molecule has 0 fully saturated rings. The first kappa shape index (κ1) is 37.2. The average Bonchev–Trinajstić information content (AvgIpc) is 4.07. The summed E-state index contributed by atoms with van der Waals surface area (Å²) in [5, 5.41) is 2.27. The largest absolute Gasteiger partial charge is 0.455 e. The van der Waals surface area contributed by atoms with Gasteiger partial charge in [0.1, 0.15) is 11.2 Å². The molecular weight excluding hydrogens is 799 g/mol. The third kappa shape index (κ3) is 4.91. The third-order valence-corrected chi connectivity index (χ3v) is 15.1. The Morgan fingerprint density at radius 2 is 0.788 bits per heavy atom. The molecule has 66 heavy (non-hydrogen) atoms. The highest BCUT2D eigenvalue weighted by Gasteiger charge is 2.52. The van der Waals surface area contributed by atoms with Gasteiger partial charge in [0, 0.05) is 38.7 Å². The summed E-state index contributed by atoms with van der Waals surface area (Å²) in [7, 11) is 0. The van der Waals surface area contributed by atoms with Gasteiger partial charge in [-0.1, -0.05) is 202 Å². The summed E-state index contributed by atoms with van der Waals surface area (Å²) in [5.41, 5.74) is 25.2. The fourth-order valence-electron chi connectivity index (χ4n) is 12.3. The molecular formula is C64H43NO. The lowest BCUT2D eigenvalue weighted by Gasteiger charge is -2.32. The lowest BCUT2D eigenvalue weighted by Crippen LogP contribution is -2.26. The average molecular weight is 842 g/mol. The maximum absolute atomic E-state index is 6.53. The van der Waals surface area contributed by atoms with Crippen molar-refractivity contribution in [3.8, 4) is 55.6 Å². The van der Waals surface area contributed by atoms with Gasteiger partial charge in [0.25, 0.3) is 0 Å². The summed E-state index contributed by atoms with van der Waals surface area (Å²) in [4.78, 5) is 2.48. The van der Waals surface area contributed by atoms with Crippen LogP contribution >= 0.6 is 0 Å². The molecule has 0 aliphatic heterocycles. The van der Waals surface area contributed by atoms with Gasteiger partial charge < -0.3 is 9.32 Å². The summed E-state index contributed by atoms with van der Waals surface area (Å²) >= 11 is 0. The second kappa shape index (κ2) is 13.7. The van der Waals surface area contributed by atoms with Crippen molar-refractivity contribution >= 4 is 39.0 Å². The first-order valence-electron chi connectivity index (χ1n) is 23.1. The standard InChI is InChI=1S/C64H43NO/c1-63(2)52-24-8-5-19-50(52)60-44(21-14-28-56(60)63)40-32-36-42(37-33-40)65(43-38-34-41(35-39-43)45-22-13-23-49-48-18-7-12-31-59(48)66-62(45)49)58-30-15-29-57-61(58)51-20-6-11-27-55(51)64(57)53-25-9-3-16-46(53)47-17-4-10-26-54(47)64/h3-39H,1-2H3.